The van der Waals surface area contributed by atoms with Crippen LogP contribution >= 0.6 is 0 Å². The van der Waals surface area contributed by atoms with Gasteiger partial charge in [0.1, 0.15) is 17.1 Å². The monoisotopic (exact) mass is 248 g/mol. The standard InChI is InChI=1S/C13H13FN2O2/c1-13(2,12(17)18)11-15-7-10(16-11)8-3-5-9(14)6-4-8/h3-7H,1-2H3,(H,15,16)(H,17,18). The average Bonchev–Trinajstić information content (AvgIpc) is 2.79. The van der Waals surface area contributed by atoms with Crippen molar-refractivity contribution in [2.75, 3.05) is 0 Å². The van der Waals surface area contributed by atoms with Gasteiger partial charge in [0.2, 0.25) is 0 Å². The molecule has 1 heterocycles. The predicted octanol–water partition coefficient (Wildman–Crippen LogP) is 2.58. The molecule has 2 rings (SSSR count). The fourth-order valence-electron chi connectivity index (χ4n) is 1.52. The number of nitrogens with zero attached hydrogens (tertiary/aromatic N) is 1. The van der Waals surface area contributed by atoms with Crippen LogP contribution in [0.3, 0.4) is 0 Å². The first-order valence-corrected chi connectivity index (χ1v) is 5.46. The molecule has 5 heteroatoms. The molecule has 0 aliphatic rings. The molecular weight excluding hydrogens is 235 g/mol. The van der Waals surface area contributed by atoms with Gasteiger partial charge in [-0.3, -0.25) is 4.79 Å². The second-order valence-corrected chi connectivity index (χ2v) is 4.58. The Kier molecular flexibility index (Phi) is 2.90. The minimum atomic E-state index is -1.09. The van der Waals surface area contributed by atoms with Crippen LogP contribution in [0.4, 0.5) is 4.39 Å². The summed E-state index contributed by atoms with van der Waals surface area (Å²) in [7, 11) is 0. The number of halogens is 1. The van der Waals surface area contributed by atoms with Crippen LogP contribution in [0.25, 0.3) is 11.3 Å². The Hall–Kier alpha value is -2.17. The van der Waals surface area contributed by atoms with Crippen LogP contribution in [0.5, 0.6) is 0 Å². The zero-order chi connectivity index (χ0) is 13.3. The van der Waals surface area contributed by atoms with Gasteiger partial charge in [0.15, 0.2) is 0 Å². The van der Waals surface area contributed by atoms with Gasteiger partial charge in [-0.15, -0.1) is 0 Å². The van der Waals surface area contributed by atoms with Gasteiger partial charge >= 0.3 is 5.97 Å². The van der Waals surface area contributed by atoms with Gasteiger partial charge in [0.05, 0.1) is 11.9 Å². The molecule has 0 fully saturated rings. The van der Waals surface area contributed by atoms with E-state index in [4.69, 9.17) is 5.11 Å². The van der Waals surface area contributed by atoms with E-state index in [2.05, 4.69) is 9.97 Å². The molecule has 0 saturated heterocycles. The van der Waals surface area contributed by atoms with Crippen LogP contribution in [0, 0.1) is 5.82 Å². The van der Waals surface area contributed by atoms with Gasteiger partial charge in [-0.25, -0.2) is 9.37 Å². The quantitative estimate of drug-likeness (QED) is 0.877. The zero-order valence-corrected chi connectivity index (χ0v) is 10.1. The van der Waals surface area contributed by atoms with Gasteiger partial charge in [-0.2, -0.15) is 0 Å². The molecule has 0 radical (unpaired) electrons. The highest BCUT2D eigenvalue weighted by Crippen LogP contribution is 2.24. The molecule has 1 aromatic carbocycles. The van der Waals surface area contributed by atoms with Crippen molar-refractivity contribution >= 4 is 5.97 Å². The summed E-state index contributed by atoms with van der Waals surface area (Å²) in [5, 5.41) is 9.10. The fraction of sp³-hybridized carbons (Fsp3) is 0.231. The summed E-state index contributed by atoms with van der Waals surface area (Å²) in [6.07, 6.45) is 1.55. The molecule has 18 heavy (non-hydrogen) atoms. The predicted molar refractivity (Wildman–Crippen MR) is 64.6 cm³/mol. The molecule has 0 amide bonds. The molecule has 0 unspecified atom stereocenters. The third-order valence-corrected chi connectivity index (χ3v) is 2.86. The molecule has 0 bridgehead atoms. The van der Waals surface area contributed by atoms with E-state index in [0.29, 0.717) is 11.5 Å². The van der Waals surface area contributed by atoms with Gasteiger partial charge in [0, 0.05) is 0 Å². The van der Waals surface area contributed by atoms with Crippen LogP contribution in [-0.4, -0.2) is 21.0 Å². The first-order chi connectivity index (χ1) is 8.41. The molecule has 0 atom stereocenters. The van der Waals surface area contributed by atoms with Crippen LogP contribution in [0.2, 0.25) is 0 Å². The van der Waals surface area contributed by atoms with Crippen LogP contribution in [0.1, 0.15) is 19.7 Å². The van der Waals surface area contributed by atoms with Crippen molar-refractivity contribution in [1.29, 1.82) is 0 Å². The van der Waals surface area contributed by atoms with Gasteiger partial charge in [-0.1, -0.05) is 0 Å². The minimum Gasteiger partial charge on any atom is -0.481 e. The van der Waals surface area contributed by atoms with Crippen molar-refractivity contribution < 1.29 is 14.3 Å². The molecule has 2 aromatic rings. The molecule has 4 nitrogen and oxygen atoms in total. The number of aromatic nitrogens is 2. The van der Waals surface area contributed by atoms with E-state index in [-0.39, 0.29) is 5.82 Å². The average molecular weight is 248 g/mol. The van der Waals surface area contributed by atoms with Gasteiger partial charge < -0.3 is 10.1 Å². The highest BCUT2D eigenvalue weighted by atomic mass is 19.1. The largest absolute Gasteiger partial charge is 0.481 e. The molecule has 2 N–H and O–H groups in total. The number of carbonyl (C=O) groups is 1. The van der Waals surface area contributed by atoms with E-state index in [1.807, 2.05) is 0 Å². The molecule has 0 aliphatic carbocycles. The lowest BCUT2D eigenvalue weighted by Gasteiger charge is -2.15. The maximum atomic E-state index is 12.8. The Morgan fingerprint density at radius 1 is 1.33 bits per heavy atom. The number of imidazole rings is 1. The topological polar surface area (TPSA) is 66.0 Å². The minimum absolute atomic E-state index is 0.315. The van der Waals surface area contributed by atoms with E-state index in [1.54, 1.807) is 32.2 Å². The summed E-state index contributed by atoms with van der Waals surface area (Å²) in [4.78, 5) is 18.1. The number of benzene rings is 1. The zero-order valence-electron chi connectivity index (χ0n) is 10.1. The van der Waals surface area contributed by atoms with E-state index in [1.165, 1.54) is 12.1 Å². The van der Waals surface area contributed by atoms with Crippen LogP contribution in [0.15, 0.2) is 30.5 Å². The lowest BCUT2D eigenvalue weighted by atomic mass is 9.93. The Morgan fingerprint density at radius 3 is 2.50 bits per heavy atom. The number of H-pyrrole nitrogens is 1. The van der Waals surface area contributed by atoms with E-state index in [9.17, 15) is 9.18 Å². The van der Waals surface area contributed by atoms with Crippen molar-refractivity contribution in [3.8, 4) is 11.3 Å². The Morgan fingerprint density at radius 2 is 1.94 bits per heavy atom. The molecule has 94 valence electrons. The summed E-state index contributed by atoms with van der Waals surface area (Å²) in [5.74, 6) is -0.902. The van der Waals surface area contributed by atoms with E-state index < -0.39 is 11.4 Å². The van der Waals surface area contributed by atoms with E-state index in [0.717, 1.165) is 5.56 Å². The lowest BCUT2D eigenvalue weighted by Crippen LogP contribution is -2.29. The maximum absolute atomic E-state index is 12.8. The fourth-order valence-corrected chi connectivity index (χ4v) is 1.52. The SMILES string of the molecule is CC(C)(C(=O)O)c1ncc(-c2ccc(F)cc2)[nH]1. The molecule has 1 aromatic heterocycles. The third kappa shape index (κ3) is 2.11. The summed E-state index contributed by atoms with van der Waals surface area (Å²) in [6.45, 7) is 3.14. The maximum Gasteiger partial charge on any atom is 0.316 e. The van der Waals surface area contributed by atoms with Crippen molar-refractivity contribution in [2.45, 2.75) is 19.3 Å². The van der Waals surface area contributed by atoms with Gasteiger partial charge in [0.25, 0.3) is 0 Å². The smallest absolute Gasteiger partial charge is 0.316 e. The summed E-state index contributed by atoms with van der Waals surface area (Å²) in [5.41, 5.74) is 0.342. The molecular formula is C13H13FN2O2. The summed E-state index contributed by atoms with van der Waals surface area (Å²) >= 11 is 0. The molecule has 0 saturated carbocycles. The van der Waals surface area contributed by atoms with Crippen LogP contribution in [-0.2, 0) is 10.2 Å². The Labute approximate surface area is 103 Å². The first kappa shape index (κ1) is 12.3. The number of hydrogen-bond donors (Lipinski definition) is 2. The number of carboxylic acids is 1. The van der Waals surface area contributed by atoms with Crippen molar-refractivity contribution in [3.05, 3.63) is 42.1 Å². The highest BCUT2D eigenvalue weighted by molar-refractivity contribution is 5.79. The Bertz CT molecular complexity index is 573. The summed E-state index contributed by atoms with van der Waals surface area (Å²) < 4.78 is 12.8. The normalized spacial score (nSPS) is 11.5. The number of hydrogen-bond acceptors (Lipinski definition) is 2. The van der Waals surface area contributed by atoms with Crippen molar-refractivity contribution in [1.82, 2.24) is 9.97 Å². The first-order valence-electron chi connectivity index (χ1n) is 5.46. The number of rotatable bonds is 3. The summed E-state index contributed by atoms with van der Waals surface area (Å²) in [6, 6.07) is 5.91. The van der Waals surface area contributed by atoms with E-state index >= 15 is 0 Å². The highest BCUT2D eigenvalue weighted by Gasteiger charge is 2.32. The second kappa shape index (κ2) is 4.25. The van der Waals surface area contributed by atoms with Crippen LogP contribution < -0.4 is 0 Å². The van der Waals surface area contributed by atoms with Crippen molar-refractivity contribution in [3.63, 3.8) is 0 Å². The van der Waals surface area contributed by atoms with Gasteiger partial charge in [-0.05, 0) is 43.7 Å². The molecule has 0 aliphatic heterocycles. The number of nitrogens with one attached hydrogen (secondary N) is 1. The number of aliphatic carboxylic acids is 1. The second-order valence-electron chi connectivity index (χ2n) is 4.58. The third-order valence-electron chi connectivity index (χ3n) is 2.86. The number of carboxylic acid groups (broad SMARTS) is 1. The Balaban J connectivity index is 2.37. The number of aromatic amines is 1. The van der Waals surface area contributed by atoms with Crippen molar-refractivity contribution in [2.24, 2.45) is 0 Å². The molecule has 0 spiro atoms. The lowest BCUT2D eigenvalue weighted by molar-refractivity contribution is -0.142.